The first kappa shape index (κ1) is 14.0. The lowest BCUT2D eigenvalue weighted by atomic mass is 9.64. The van der Waals surface area contributed by atoms with Gasteiger partial charge in [-0.25, -0.2) is 4.79 Å². The van der Waals surface area contributed by atoms with Gasteiger partial charge < -0.3 is 15.0 Å². The molecule has 4 rings (SSSR count). The molecule has 2 fully saturated rings. The third kappa shape index (κ3) is 2.49. The molecule has 1 saturated heterocycles. The zero-order chi connectivity index (χ0) is 15.9. The number of benzene rings is 1. The van der Waals surface area contributed by atoms with Crippen LogP contribution in [0.4, 0.5) is 4.79 Å². The molecule has 1 aliphatic carbocycles. The van der Waals surface area contributed by atoms with Crippen molar-refractivity contribution in [3.8, 4) is 0 Å². The average Bonchev–Trinajstić information content (AvgIpc) is 2.91. The lowest BCUT2D eigenvalue weighted by Crippen LogP contribution is -2.61. The van der Waals surface area contributed by atoms with Gasteiger partial charge in [-0.2, -0.15) is 15.4 Å². The highest BCUT2D eigenvalue weighted by atomic mass is 16.6. The quantitative estimate of drug-likeness (QED) is 0.831. The number of carbonyl (C=O) groups excluding carboxylic acids is 2. The summed E-state index contributed by atoms with van der Waals surface area (Å²) in [6.07, 6.45) is 3.31. The number of carbonyl (C=O) groups is 2. The SMILES string of the molecule is O=C(NCOC(=O)N1CC2(CCC2)C1)c1ccc2n[nH]nc2c1. The maximum atomic E-state index is 12.0. The van der Waals surface area contributed by atoms with E-state index in [9.17, 15) is 9.59 Å². The topological polar surface area (TPSA) is 100 Å². The molecule has 1 spiro atoms. The molecule has 2 aliphatic rings. The van der Waals surface area contributed by atoms with E-state index in [2.05, 4.69) is 20.7 Å². The standard InChI is InChI=1S/C15H17N5O3/c21-13(10-2-3-11-12(6-10)18-19-17-11)16-9-23-14(22)20-7-15(8-20)4-1-5-15/h2-3,6H,1,4-5,7-9H2,(H,16,21)(H,17,18,19). The van der Waals surface area contributed by atoms with Gasteiger partial charge in [0.05, 0.1) is 0 Å². The first-order valence-electron chi connectivity index (χ1n) is 7.66. The van der Waals surface area contributed by atoms with Gasteiger partial charge >= 0.3 is 6.09 Å². The third-order valence-corrected chi connectivity index (χ3v) is 4.73. The van der Waals surface area contributed by atoms with E-state index < -0.39 is 0 Å². The second-order valence-corrected chi connectivity index (χ2v) is 6.30. The molecule has 2 amide bonds. The van der Waals surface area contributed by atoms with E-state index in [1.807, 2.05) is 0 Å². The van der Waals surface area contributed by atoms with Crippen LogP contribution in [0.5, 0.6) is 0 Å². The Labute approximate surface area is 132 Å². The Morgan fingerprint density at radius 1 is 1.26 bits per heavy atom. The number of aromatic nitrogens is 3. The van der Waals surface area contributed by atoms with Crippen LogP contribution in [-0.2, 0) is 4.74 Å². The van der Waals surface area contributed by atoms with Crippen molar-refractivity contribution in [2.24, 2.45) is 5.41 Å². The second kappa shape index (κ2) is 5.22. The minimum absolute atomic E-state index is 0.141. The highest BCUT2D eigenvalue weighted by Gasteiger charge is 2.49. The molecule has 2 N–H and O–H groups in total. The molecule has 2 heterocycles. The van der Waals surface area contributed by atoms with Crippen LogP contribution >= 0.6 is 0 Å². The number of amides is 2. The molecule has 0 bridgehead atoms. The molecule has 2 aromatic rings. The van der Waals surface area contributed by atoms with Crippen LogP contribution in [0.2, 0.25) is 0 Å². The number of nitrogens with one attached hydrogen (secondary N) is 2. The Bertz CT molecular complexity index is 759. The highest BCUT2D eigenvalue weighted by molar-refractivity contribution is 5.97. The van der Waals surface area contributed by atoms with Crippen LogP contribution in [0.1, 0.15) is 29.6 Å². The molecule has 1 aromatic carbocycles. The van der Waals surface area contributed by atoms with E-state index in [0.29, 0.717) is 22.0 Å². The van der Waals surface area contributed by atoms with Gasteiger partial charge in [0.25, 0.3) is 5.91 Å². The summed E-state index contributed by atoms with van der Waals surface area (Å²) >= 11 is 0. The van der Waals surface area contributed by atoms with Gasteiger partial charge in [0.1, 0.15) is 11.0 Å². The first-order chi connectivity index (χ1) is 11.2. The van der Waals surface area contributed by atoms with Crippen molar-refractivity contribution in [3.63, 3.8) is 0 Å². The molecular formula is C15H17N5O3. The van der Waals surface area contributed by atoms with Crippen LogP contribution in [0.3, 0.4) is 0 Å². The van der Waals surface area contributed by atoms with E-state index in [-0.39, 0.29) is 18.7 Å². The summed E-state index contributed by atoms with van der Waals surface area (Å²) in [6.45, 7) is 1.42. The highest BCUT2D eigenvalue weighted by Crippen LogP contribution is 2.48. The maximum Gasteiger partial charge on any atom is 0.411 e. The van der Waals surface area contributed by atoms with Crippen molar-refractivity contribution < 1.29 is 14.3 Å². The second-order valence-electron chi connectivity index (χ2n) is 6.30. The van der Waals surface area contributed by atoms with Crippen molar-refractivity contribution in [1.29, 1.82) is 0 Å². The summed E-state index contributed by atoms with van der Waals surface area (Å²) in [7, 11) is 0. The molecule has 0 atom stereocenters. The van der Waals surface area contributed by atoms with Crippen molar-refractivity contribution in [2.75, 3.05) is 19.8 Å². The largest absolute Gasteiger partial charge is 0.428 e. The first-order valence-corrected chi connectivity index (χ1v) is 7.66. The summed E-state index contributed by atoms with van der Waals surface area (Å²) < 4.78 is 5.09. The van der Waals surface area contributed by atoms with Crippen LogP contribution < -0.4 is 5.32 Å². The van der Waals surface area contributed by atoms with E-state index in [4.69, 9.17) is 4.74 Å². The number of nitrogens with zero attached hydrogens (tertiary/aromatic N) is 3. The molecule has 1 saturated carbocycles. The lowest BCUT2D eigenvalue weighted by Gasteiger charge is -2.55. The number of aromatic amines is 1. The summed E-state index contributed by atoms with van der Waals surface area (Å²) in [5.74, 6) is -0.318. The van der Waals surface area contributed by atoms with Crippen LogP contribution in [-0.4, -0.2) is 52.1 Å². The van der Waals surface area contributed by atoms with Crippen molar-refractivity contribution in [2.45, 2.75) is 19.3 Å². The Kier molecular flexibility index (Phi) is 3.17. The molecular weight excluding hydrogens is 298 g/mol. The van der Waals surface area contributed by atoms with Crippen LogP contribution in [0.15, 0.2) is 18.2 Å². The molecule has 23 heavy (non-hydrogen) atoms. The monoisotopic (exact) mass is 315 g/mol. The van der Waals surface area contributed by atoms with Crippen molar-refractivity contribution in [1.82, 2.24) is 25.6 Å². The zero-order valence-corrected chi connectivity index (χ0v) is 12.5. The fourth-order valence-electron chi connectivity index (χ4n) is 3.22. The molecule has 120 valence electrons. The van der Waals surface area contributed by atoms with E-state index in [1.54, 1.807) is 23.1 Å². The van der Waals surface area contributed by atoms with Gasteiger partial charge in [-0.15, -0.1) is 0 Å². The Morgan fingerprint density at radius 3 is 2.78 bits per heavy atom. The van der Waals surface area contributed by atoms with Crippen molar-refractivity contribution >= 4 is 23.0 Å². The van der Waals surface area contributed by atoms with Crippen LogP contribution in [0.25, 0.3) is 11.0 Å². The Balaban J connectivity index is 1.25. The minimum Gasteiger partial charge on any atom is -0.428 e. The van der Waals surface area contributed by atoms with Crippen molar-refractivity contribution in [3.05, 3.63) is 23.8 Å². The number of likely N-dealkylation sites (tertiary alicyclic amines) is 1. The lowest BCUT2D eigenvalue weighted by molar-refractivity contribution is -0.0531. The number of ether oxygens (including phenoxy) is 1. The van der Waals surface area contributed by atoms with Gasteiger partial charge in [-0.3, -0.25) is 4.79 Å². The zero-order valence-electron chi connectivity index (χ0n) is 12.5. The number of hydrogen-bond donors (Lipinski definition) is 2. The maximum absolute atomic E-state index is 12.0. The van der Waals surface area contributed by atoms with Gasteiger partial charge in [0.2, 0.25) is 0 Å². The summed E-state index contributed by atoms with van der Waals surface area (Å²) in [4.78, 5) is 25.6. The molecule has 8 heteroatoms. The fraction of sp³-hybridized carbons (Fsp3) is 0.467. The molecule has 0 unspecified atom stereocenters. The predicted octanol–water partition coefficient (Wildman–Crippen LogP) is 1.27. The number of H-pyrrole nitrogens is 1. The molecule has 0 radical (unpaired) electrons. The summed E-state index contributed by atoms with van der Waals surface area (Å²) in [5.41, 5.74) is 2.12. The number of hydrogen-bond acceptors (Lipinski definition) is 5. The third-order valence-electron chi connectivity index (χ3n) is 4.73. The Hall–Kier alpha value is -2.64. The van der Waals surface area contributed by atoms with Gasteiger partial charge in [0.15, 0.2) is 6.73 Å². The summed E-state index contributed by atoms with van der Waals surface area (Å²) in [5, 5.41) is 12.9. The van der Waals surface area contributed by atoms with Gasteiger partial charge in [-0.05, 0) is 31.0 Å². The van der Waals surface area contributed by atoms with Gasteiger partial charge in [-0.1, -0.05) is 6.42 Å². The van der Waals surface area contributed by atoms with E-state index in [0.717, 1.165) is 13.1 Å². The number of rotatable bonds is 3. The predicted molar refractivity (Wildman–Crippen MR) is 80.6 cm³/mol. The normalized spacial score (nSPS) is 18.3. The van der Waals surface area contributed by atoms with Crippen LogP contribution in [0, 0.1) is 5.41 Å². The molecule has 8 nitrogen and oxygen atoms in total. The van der Waals surface area contributed by atoms with E-state index in [1.165, 1.54) is 19.3 Å². The average molecular weight is 315 g/mol. The fourth-order valence-corrected chi connectivity index (χ4v) is 3.22. The van der Waals surface area contributed by atoms with E-state index >= 15 is 0 Å². The minimum atomic E-state index is -0.366. The summed E-state index contributed by atoms with van der Waals surface area (Å²) in [6, 6.07) is 4.99. The molecule has 1 aliphatic heterocycles. The molecule has 1 aromatic heterocycles. The van der Waals surface area contributed by atoms with Gasteiger partial charge in [0, 0.05) is 24.1 Å². The number of fused-ring (bicyclic) bond motifs is 1. The Morgan fingerprint density at radius 2 is 2.04 bits per heavy atom. The smallest absolute Gasteiger partial charge is 0.411 e.